The number of hydrazone groups is 1. The summed E-state index contributed by atoms with van der Waals surface area (Å²) >= 11 is 0.937. The first kappa shape index (κ1) is 21.2. The molecule has 2 atom stereocenters. The lowest BCUT2D eigenvalue weighted by molar-refractivity contribution is -0.482. The fourth-order valence-electron chi connectivity index (χ4n) is 3.85. The van der Waals surface area contributed by atoms with E-state index in [0.717, 1.165) is 35.0 Å². The molecule has 2 heterocycles. The molecule has 0 aromatic heterocycles. The van der Waals surface area contributed by atoms with Gasteiger partial charge >= 0.3 is 0 Å². The summed E-state index contributed by atoms with van der Waals surface area (Å²) in [4.78, 5) is 21.7. The van der Waals surface area contributed by atoms with E-state index in [-0.39, 0.29) is 34.9 Å². The van der Waals surface area contributed by atoms with Crippen LogP contribution < -0.4 is 4.74 Å². The standard InChI is InChI=1S/C20H16F3N3O4S/c1-11(27)26-20(31-19(24-26)15-8-13(21)2-4-17(15)23)12(6-7-25(28)29)10-30-18-5-3-14(22)9-16(18)20/h2-5,8-9,12H,6-7,10H2,1H3/t12-,20+/m0/s1. The summed E-state index contributed by atoms with van der Waals surface area (Å²) in [5, 5.41) is 16.4. The number of nitro groups is 1. The number of fused-ring (bicyclic) bond motifs is 2. The molecule has 7 nitrogen and oxygen atoms in total. The van der Waals surface area contributed by atoms with E-state index in [0.29, 0.717) is 0 Å². The number of rotatable bonds is 4. The van der Waals surface area contributed by atoms with Crippen molar-refractivity contribution in [3.8, 4) is 5.75 Å². The molecule has 162 valence electrons. The average molecular weight is 451 g/mol. The number of halogens is 3. The van der Waals surface area contributed by atoms with Crippen molar-refractivity contribution in [1.82, 2.24) is 5.01 Å². The molecule has 2 aromatic carbocycles. The van der Waals surface area contributed by atoms with Gasteiger partial charge in [0.25, 0.3) is 0 Å². The number of carbonyl (C=O) groups excluding carboxylic acids is 1. The third-order valence-corrected chi connectivity index (χ3v) is 6.73. The van der Waals surface area contributed by atoms with Crippen LogP contribution in [-0.2, 0) is 9.67 Å². The number of carbonyl (C=O) groups is 1. The number of ether oxygens (including phenoxy) is 1. The Balaban J connectivity index is 1.89. The van der Waals surface area contributed by atoms with Crippen LogP contribution >= 0.6 is 11.8 Å². The summed E-state index contributed by atoms with van der Waals surface area (Å²) in [5.41, 5.74) is 0.0912. The van der Waals surface area contributed by atoms with Crippen molar-refractivity contribution in [3.63, 3.8) is 0 Å². The van der Waals surface area contributed by atoms with Crippen LogP contribution in [0.5, 0.6) is 5.75 Å². The molecule has 0 unspecified atom stereocenters. The van der Waals surface area contributed by atoms with E-state index in [2.05, 4.69) is 5.10 Å². The van der Waals surface area contributed by atoms with Crippen LogP contribution in [0.3, 0.4) is 0 Å². The summed E-state index contributed by atoms with van der Waals surface area (Å²) < 4.78 is 48.2. The predicted octanol–water partition coefficient (Wildman–Crippen LogP) is 3.89. The predicted molar refractivity (Wildman–Crippen MR) is 107 cm³/mol. The third-order valence-electron chi connectivity index (χ3n) is 5.20. The molecule has 0 radical (unpaired) electrons. The Kier molecular flexibility index (Phi) is 5.38. The molecule has 1 spiro atoms. The number of hydrogen-bond donors (Lipinski definition) is 0. The van der Waals surface area contributed by atoms with Gasteiger partial charge in [0.15, 0.2) is 4.87 Å². The van der Waals surface area contributed by atoms with Crippen molar-refractivity contribution in [2.45, 2.75) is 18.2 Å². The minimum atomic E-state index is -1.41. The molecule has 2 aliphatic rings. The van der Waals surface area contributed by atoms with Crippen LogP contribution in [0.2, 0.25) is 0 Å². The highest BCUT2D eigenvalue weighted by atomic mass is 32.2. The van der Waals surface area contributed by atoms with Crippen molar-refractivity contribution >= 4 is 22.7 Å². The van der Waals surface area contributed by atoms with E-state index in [4.69, 9.17) is 4.74 Å². The molecule has 2 aliphatic heterocycles. The van der Waals surface area contributed by atoms with Crippen molar-refractivity contribution in [2.24, 2.45) is 11.0 Å². The Morgan fingerprint density at radius 1 is 1.29 bits per heavy atom. The van der Waals surface area contributed by atoms with Gasteiger partial charge in [-0.05, 0) is 36.4 Å². The largest absolute Gasteiger partial charge is 0.493 e. The first-order chi connectivity index (χ1) is 14.7. The van der Waals surface area contributed by atoms with E-state index in [1.807, 2.05) is 0 Å². The minimum absolute atomic E-state index is 0.00230. The van der Waals surface area contributed by atoms with Gasteiger partial charge in [-0.3, -0.25) is 14.9 Å². The van der Waals surface area contributed by atoms with Gasteiger partial charge in [0.2, 0.25) is 12.5 Å². The molecule has 31 heavy (non-hydrogen) atoms. The van der Waals surface area contributed by atoms with Crippen molar-refractivity contribution in [1.29, 1.82) is 0 Å². The maximum atomic E-state index is 14.5. The molecule has 0 saturated heterocycles. The molecule has 0 N–H and O–H groups in total. The first-order valence-corrected chi connectivity index (χ1v) is 10.1. The van der Waals surface area contributed by atoms with E-state index in [1.165, 1.54) is 25.1 Å². The Morgan fingerprint density at radius 3 is 2.71 bits per heavy atom. The Labute approximate surface area is 179 Å². The summed E-state index contributed by atoms with van der Waals surface area (Å²) in [6, 6.07) is 6.62. The second-order valence-electron chi connectivity index (χ2n) is 7.15. The monoisotopic (exact) mass is 451 g/mol. The molecule has 0 bridgehead atoms. The summed E-state index contributed by atoms with van der Waals surface area (Å²) in [6.45, 7) is 0.809. The first-order valence-electron chi connectivity index (χ1n) is 9.31. The highest BCUT2D eigenvalue weighted by Crippen LogP contribution is 2.57. The second-order valence-corrected chi connectivity index (χ2v) is 8.37. The van der Waals surface area contributed by atoms with Gasteiger partial charge in [0.05, 0.1) is 6.61 Å². The zero-order valence-corrected chi connectivity index (χ0v) is 17.0. The van der Waals surface area contributed by atoms with Gasteiger partial charge in [-0.1, -0.05) is 11.8 Å². The SMILES string of the molecule is CC(=O)N1N=C(c2cc(F)ccc2F)S[C@]12c1cc(F)ccc1OC[C@@H]2CC[N+](=O)[O-]. The lowest BCUT2D eigenvalue weighted by Gasteiger charge is -2.44. The van der Waals surface area contributed by atoms with Crippen LogP contribution in [0, 0.1) is 33.5 Å². The van der Waals surface area contributed by atoms with E-state index in [1.54, 1.807) is 0 Å². The van der Waals surface area contributed by atoms with Gasteiger partial charge in [0.1, 0.15) is 28.2 Å². The highest BCUT2D eigenvalue weighted by molar-refractivity contribution is 8.15. The molecule has 1 amide bonds. The average Bonchev–Trinajstić information content (AvgIpc) is 3.11. The lowest BCUT2D eigenvalue weighted by Crippen LogP contribution is -2.51. The summed E-state index contributed by atoms with van der Waals surface area (Å²) in [7, 11) is 0. The molecular formula is C20H16F3N3O4S. The minimum Gasteiger partial charge on any atom is -0.493 e. The zero-order chi connectivity index (χ0) is 22.3. The van der Waals surface area contributed by atoms with E-state index >= 15 is 0 Å². The number of hydrogen-bond acceptors (Lipinski definition) is 6. The molecule has 11 heteroatoms. The van der Waals surface area contributed by atoms with Crippen LogP contribution in [0.15, 0.2) is 41.5 Å². The fourth-order valence-corrected chi connectivity index (χ4v) is 5.41. The molecule has 0 saturated carbocycles. The number of nitrogens with zero attached hydrogens (tertiary/aromatic N) is 3. The normalized spacial score (nSPS) is 22.1. The maximum absolute atomic E-state index is 14.5. The van der Waals surface area contributed by atoms with Crippen molar-refractivity contribution < 1.29 is 27.6 Å². The topological polar surface area (TPSA) is 85.0 Å². The Bertz CT molecular complexity index is 1110. The molecular weight excluding hydrogens is 435 g/mol. The molecule has 2 aromatic rings. The summed E-state index contributed by atoms with van der Waals surface area (Å²) in [6.07, 6.45) is -0.00579. The number of benzene rings is 2. The van der Waals surface area contributed by atoms with Crippen LogP contribution in [-0.4, -0.2) is 34.0 Å². The molecule has 0 aliphatic carbocycles. The quantitative estimate of drug-likeness (QED) is 0.520. The smallest absolute Gasteiger partial charge is 0.241 e. The molecule has 0 fully saturated rings. The number of thioether (sulfide) groups is 1. The van der Waals surface area contributed by atoms with Gasteiger partial charge < -0.3 is 4.74 Å². The van der Waals surface area contributed by atoms with Gasteiger partial charge in [-0.2, -0.15) is 5.10 Å². The summed E-state index contributed by atoms with van der Waals surface area (Å²) in [5.74, 6) is -2.97. The van der Waals surface area contributed by atoms with Crippen molar-refractivity contribution in [3.05, 3.63) is 75.1 Å². The van der Waals surface area contributed by atoms with Crippen molar-refractivity contribution in [2.75, 3.05) is 13.2 Å². The van der Waals surface area contributed by atoms with E-state index in [9.17, 15) is 28.1 Å². The van der Waals surface area contributed by atoms with Crippen LogP contribution in [0.25, 0.3) is 0 Å². The fraction of sp³-hybridized carbons (Fsp3) is 0.300. The molecule has 4 rings (SSSR count). The lowest BCUT2D eigenvalue weighted by atomic mass is 9.86. The van der Waals surface area contributed by atoms with Crippen LogP contribution in [0.1, 0.15) is 24.5 Å². The zero-order valence-electron chi connectivity index (χ0n) is 16.2. The van der Waals surface area contributed by atoms with E-state index < -0.39 is 45.6 Å². The maximum Gasteiger partial charge on any atom is 0.241 e. The second kappa shape index (κ2) is 7.88. The van der Waals surface area contributed by atoms with Gasteiger partial charge in [-0.25, -0.2) is 18.2 Å². The Morgan fingerprint density at radius 2 is 2.00 bits per heavy atom. The third kappa shape index (κ3) is 3.62. The Hall–Kier alpha value is -3.08. The van der Waals surface area contributed by atoms with Gasteiger partial charge in [-0.15, -0.1) is 0 Å². The highest BCUT2D eigenvalue weighted by Gasteiger charge is 2.57. The van der Waals surface area contributed by atoms with Crippen LogP contribution in [0.4, 0.5) is 13.2 Å². The number of amides is 1. The van der Waals surface area contributed by atoms with Gasteiger partial charge in [0, 0.05) is 35.3 Å².